The molecule has 0 atom stereocenters. The first-order valence-electron chi connectivity index (χ1n) is 7.96. The van der Waals surface area contributed by atoms with Gasteiger partial charge in [-0.1, -0.05) is 31.0 Å². The minimum atomic E-state index is -0.729. The Hall–Kier alpha value is -1.55. The third-order valence-corrected chi connectivity index (χ3v) is 4.77. The molecule has 3 rings (SSSR count). The molecule has 1 aliphatic heterocycles. The highest BCUT2D eigenvalue weighted by molar-refractivity contribution is 5.77. The summed E-state index contributed by atoms with van der Waals surface area (Å²) in [6, 6.07) is 10.3. The monoisotopic (exact) mass is 288 g/mol. The van der Waals surface area contributed by atoms with Gasteiger partial charge in [0.25, 0.3) is 0 Å². The smallest absolute Gasteiger partial charge is 0.225 e. The van der Waals surface area contributed by atoms with Gasteiger partial charge in [-0.25, -0.2) is 0 Å². The number of nitrogens with zero attached hydrogens (tertiary/aromatic N) is 2. The van der Waals surface area contributed by atoms with E-state index in [9.17, 15) is 9.90 Å². The van der Waals surface area contributed by atoms with Crippen LogP contribution in [0.1, 0.15) is 32.1 Å². The van der Waals surface area contributed by atoms with Gasteiger partial charge in [-0.05, 0) is 25.0 Å². The van der Waals surface area contributed by atoms with Crippen LogP contribution in [0.15, 0.2) is 30.3 Å². The van der Waals surface area contributed by atoms with Crippen LogP contribution in [0.5, 0.6) is 0 Å². The summed E-state index contributed by atoms with van der Waals surface area (Å²) in [6.07, 6.45) is 3.96. The molecule has 2 fully saturated rings. The van der Waals surface area contributed by atoms with Crippen molar-refractivity contribution >= 4 is 11.6 Å². The maximum atomic E-state index is 12.3. The van der Waals surface area contributed by atoms with Crippen molar-refractivity contribution in [3.63, 3.8) is 0 Å². The van der Waals surface area contributed by atoms with Gasteiger partial charge < -0.3 is 14.9 Å². The van der Waals surface area contributed by atoms with E-state index >= 15 is 0 Å². The molecule has 1 aliphatic carbocycles. The van der Waals surface area contributed by atoms with Gasteiger partial charge in [0.05, 0.1) is 12.0 Å². The van der Waals surface area contributed by atoms with Gasteiger partial charge in [-0.15, -0.1) is 0 Å². The number of hydrogen-bond donors (Lipinski definition) is 1. The number of hydrogen-bond acceptors (Lipinski definition) is 3. The summed E-state index contributed by atoms with van der Waals surface area (Å²) < 4.78 is 0. The molecule has 1 saturated heterocycles. The largest absolute Gasteiger partial charge is 0.389 e. The Morgan fingerprint density at radius 1 is 1.05 bits per heavy atom. The maximum absolute atomic E-state index is 12.3. The molecule has 1 heterocycles. The molecule has 1 amide bonds. The fraction of sp³-hybridized carbons (Fsp3) is 0.588. The number of carbonyl (C=O) groups is 1. The summed E-state index contributed by atoms with van der Waals surface area (Å²) in [5.41, 5.74) is 0.493. The summed E-state index contributed by atoms with van der Waals surface area (Å²) in [7, 11) is 0. The van der Waals surface area contributed by atoms with Crippen molar-refractivity contribution in [1.29, 1.82) is 0 Å². The number of benzene rings is 1. The van der Waals surface area contributed by atoms with E-state index in [2.05, 4.69) is 17.0 Å². The lowest BCUT2D eigenvalue weighted by molar-refractivity contribution is -0.136. The Kier molecular flexibility index (Phi) is 4.15. The van der Waals surface area contributed by atoms with Crippen LogP contribution in [-0.2, 0) is 4.79 Å². The Balaban J connectivity index is 1.52. The van der Waals surface area contributed by atoms with Crippen molar-refractivity contribution < 1.29 is 9.90 Å². The summed E-state index contributed by atoms with van der Waals surface area (Å²) in [6.45, 7) is 3.25. The van der Waals surface area contributed by atoms with Gasteiger partial charge >= 0.3 is 0 Å². The molecule has 0 aromatic heterocycles. The van der Waals surface area contributed by atoms with E-state index in [0.29, 0.717) is 6.42 Å². The minimum Gasteiger partial charge on any atom is -0.389 e. The van der Waals surface area contributed by atoms with Crippen LogP contribution in [0, 0.1) is 0 Å². The predicted octanol–water partition coefficient (Wildman–Crippen LogP) is 2.03. The molecule has 1 aromatic rings. The fourth-order valence-electron chi connectivity index (χ4n) is 3.46. The molecular weight excluding hydrogens is 264 g/mol. The Morgan fingerprint density at radius 2 is 1.67 bits per heavy atom. The molecule has 0 radical (unpaired) electrons. The third kappa shape index (κ3) is 3.38. The van der Waals surface area contributed by atoms with Crippen LogP contribution in [0.4, 0.5) is 5.69 Å². The van der Waals surface area contributed by atoms with Crippen molar-refractivity contribution in [3.8, 4) is 0 Å². The quantitative estimate of drug-likeness (QED) is 0.925. The van der Waals surface area contributed by atoms with Gasteiger partial charge in [-0.2, -0.15) is 0 Å². The van der Waals surface area contributed by atoms with Gasteiger partial charge in [0.2, 0.25) is 5.91 Å². The number of para-hydroxylation sites is 1. The Bertz CT molecular complexity index is 475. The molecule has 21 heavy (non-hydrogen) atoms. The number of piperazine rings is 1. The van der Waals surface area contributed by atoms with Crippen molar-refractivity contribution in [1.82, 2.24) is 4.90 Å². The number of anilines is 1. The first-order valence-corrected chi connectivity index (χ1v) is 7.96. The molecule has 0 bridgehead atoms. The maximum Gasteiger partial charge on any atom is 0.225 e. The topological polar surface area (TPSA) is 43.8 Å². The van der Waals surface area contributed by atoms with Crippen molar-refractivity contribution in [2.75, 3.05) is 31.1 Å². The summed E-state index contributed by atoms with van der Waals surface area (Å²) in [5, 5.41) is 10.4. The molecule has 2 aliphatic rings. The highest BCUT2D eigenvalue weighted by Gasteiger charge is 2.35. The lowest BCUT2D eigenvalue weighted by Gasteiger charge is -2.37. The number of rotatable bonds is 3. The standard InChI is InChI=1S/C17H24N2O2/c20-16(14-17(21)8-4-5-9-17)19-12-10-18(11-13-19)15-6-2-1-3-7-15/h1-3,6-7,21H,4-5,8-14H2. The van der Waals surface area contributed by atoms with Crippen molar-refractivity contribution in [2.45, 2.75) is 37.7 Å². The van der Waals surface area contributed by atoms with Crippen molar-refractivity contribution in [2.24, 2.45) is 0 Å². The van der Waals surface area contributed by atoms with E-state index < -0.39 is 5.60 Å². The van der Waals surface area contributed by atoms with E-state index in [-0.39, 0.29) is 5.91 Å². The lowest BCUT2D eigenvalue weighted by Crippen LogP contribution is -2.50. The van der Waals surface area contributed by atoms with Crippen LogP contribution in [0.25, 0.3) is 0 Å². The number of aliphatic hydroxyl groups is 1. The minimum absolute atomic E-state index is 0.118. The molecule has 4 heteroatoms. The van der Waals surface area contributed by atoms with E-state index in [1.54, 1.807) is 0 Å². The van der Waals surface area contributed by atoms with Crippen LogP contribution >= 0.6 is 0 Å². The lowest BCUT2D eigenvalue weighted by atomic mass is 9.97. The molecule has 1 aromatic carbocycles. The van der Waals surface area contributed by atoms with Gasteiger partial charge in [0.1, 0.15) is 0 Å². The fourth-order valence-corrected chi connectivity index (χ4v) is 3.46. The molecule has 114 valence electrons. The molecule has 0 unspecified atom stereocenters. The van der Waals surface area contributed by atoms with Crippen molar-refractivity contribution in [3.05, 3.63) is 30.3 Å². The molecule has 1 N–H and O–H groups in total. The van der Waals surface area contributed by atoms with Crippen LogP contribution in [0.3, 0.4) is 0 Å². The molecule has 4 nitrogen and oxygen atoms in total. The summed E-state index contributed by atoms with van der Waals surface area (Å²) >= 11 is 0. The van der Waals surface area contributed by atoms with Crippen LogP contribution < -0.4 is 4.90 Å². The molecule has 0 spiro atoms. The van der Waals surface area contributed by atoms with Gasteiger partial charge in [-0.3, -0.25) is 4.79 Å². The molecule has 1 saturated carbocycles. The van der Waals surface area contributed by atoms with Crippen LogP contribution in [-0.4, -0.2) is 47.7 Å². The van der Waals surface area contributed by atoms with E-state index in [4.69, 9.17) is 0 Å². The van der Waals surface area contributed by atoms with Gasteiger partial charge in [0.15, 0.2) is 0 Å². The summed E-state index contributed by atoms with van der Waals surface area (Å²) in [5.74, 6) is 0.118. The average Bonchev–Trinajstić information content (AvgIpc) is 2.94. The average molecular weight is 288 g/mol. The van der Waals surface area contributed by atoms with Crippen LogP contribution in [0.2, 0.25) is 0 Å². The first kappa shape index (κ1) is 14.4. The normalized spacial score (nSPS) is 21.6. The van der Waals surface area contributed by atoms with Gasteiger partial charge in [0, 0.05) is 31.9 Å². The summed E-state index contributed by atoms with van der Waals surface area (Å²) in [4.78, 5) is 16.6. The Morgan fingerprint density at radius 3 is 2.29 bits per heavy atom. The Labute approximate surface area is 126 Å². The van der Waals surface area contributed by atoms with E-state index in [1.165, 1.54) is 5.69 Å². The van der Waals surface area contributed by atoms with E-state index in [1.807, 2.05) is 23.1 Å². The van der Waals surface area contributed by atoms with E-state index in [0.717, 1.165) is 51.9 Å². The third-order valence-electron chi connectivity index (χ3n) is 4.77. The second kappa shape index (κ2) is 6.06. The second-order valence-electron chi connectivity index (χ2n) is 6.31. The predicted molar refractivity (Wildman–Crippen MR) is 83.3 cm³/mol. The highest BCUT2D eigenvalue weighted by atomic mass is 16.3. The first-order chi connectivity index (χ1) is 10.2. The number of amides is 1. The molecular formula is C17H24N2O2. The zero-order chi connectivity index (χ0) is 14.7. The zero-order valence-electron chi connectivity index (χ0n) is 12.5. The second-order valence-corrected chi connectivity index (χ2v) is 6.31. The SMILES string of the molecule is O=C(CC1(O)CCCC1)N1CCN(c2ccccc2)CC1. The zero-order valence-corrected chi connectivity index (χ0v) is 12.5. The number of carbonyl (C=O) groups excluding carboxylic acids is 1. The highest BCUT2D eigenvalue weighted by Crippen LogP contribution is 2.33.